The first-order chi connectivity index (χ1) is 16.7. The third-order valence-corrected chi connectivity index (χ3v) is 6.39. The average Bonchev–Trinajstić information content (AvgIpc) is 3.52. The van der Waals surface area contributed by atoms with E-state index < -0.39 is 23.9 Å². The van der Waals surface area contributed by atoms with Crippen molar-refractivity contribution in [2.24, 2.45) is 7.05 Å². The second-order valence-electron chi connectivity index (χ2n) is 8.44. The van der Waals surface area contributed by atoms with Crippen molar-refractivity contribution >= 4 is 23.2 Å². The number of nitrogens with zero attached hydrogens (tertiary/aromatic N) is 3. The summed E-state index contributed by atoms with van der Waals surface area (Å²) in [5.74, 6) is -0.886. The number of H-pyrrole nitrogens is 1. The smallest absolute Gasteiger partial charge is 0.419 e. The zero-order valence-electron chi connectivity index (χ0n) is 18.9. The molecule has 1 unspecified atom stereocenters. The van der Waals surface area contributed by atoms with E-state index in [1.165, 1.54) is 10.8 Å². The normalized spacial score (nSPS) is 13.6. The zero-order valence-corrected chi connectivity index (χ0v) is 18.9. The summed E-state index contributed by atoms with van der Waals surface area (Å²) < 4.78 is 11.6. The van der Waals surface area contributed by atoms with E-state index in [0.29, 0.717) is 50.2 Å². The molecule has 0 radical (unpaired) electrons. The number of aryl methyl sites for hydroxylation is 1. The molecule has 0 fully saturated rings. The van der Waals surface area contributed by atoms with Crippen LogP contribution in [0.15, 0.2) is 45.7 Å². The molecule has 1 amide bonds. The maximum Gasteiger partial charge on any atom is 0.419 e. The molecule has 4 aromatic rings. The number of aliphatic hydroxyl groups excluding tert-OH is 1. The minimum absolute atomic E-state index is 0.0355. The van der Waals surface area contributed by atoms with Crippen molar-refractivity contribution in [2.45, 2.75) is 26.2 Å². The van der Waals surface area contributed by atoms with Gasteiger partial charge in [0.25, 0.3) is 0 Å². The van der Waals surface area contributed by atoms with Gasteiger partial charge in [0, 0.05) is 23.7 Å². The van der Waals surface area contributed by atoms with E-state index >= 15 is 0 Å². The molecule has 1 aliphatic rings. The number of amides is 1. The van der Waals surface area contributed by atoms with Crippen molar-refractivity contribution in [3.05, 3.63) is 74.9 Å². The van der Waals surface area contributed by atoms with Crippen LogP contribution in [-0.2, 0) is 24.9 Å². The van der Waals surface area contributed by atoms with Gasteiger partial charge in [-0.1, -0.05) is 6.07 Å². The van der Waals surface area contributed by atoms with Crippen LogP contribution in [0.4, 0.5) is 4.79 Å². The maximum absolute atomic E-state index is 12.0. The van der Waals surface area contributed by atoms with Crippen LogP contribution in [-0.4, -0.2) is 48.5 Å². The van der Waals surface area contributed by atoms with Crippen molar-refractivity contribution in [2.75, 3.05) is 6.54 Å². The number of aromatic nitrogens is 3. The van der Waals surface area contributed by atoms with Gasteiger partial charge in [0.1, 0.15) is 6.61 Å². The maximum atomic E-state index is 12.0. The van der Waals surface area contributed by atoms with Crippen molar-refractivity contribution < 1.29 is 29.0 Å². The van der Waals surface area contributed by atoms with Crippen LogP contribution in [0.1, 0.15) is 38.7 Å². The Bertz CT molecular complexity index is 1530. The first-order valence-electron chi connectivity index (χ1n) is 10.8. The highest BCUT2D eigenvalue weighted by Gasteiger charge is 2.27. The van der Waals surface area contributed by atoms with Crippen molar-refractivity contribution in [1.29, 1.82) is 0 Å². The standard InChI is InChI=1S/C24H22N4O7/c1-12-15(4-5-16-17(12)11-34-22(16)30)19(29)10-28(23(31)32)9-14-8-25-26-21(14)13-3-6-20-18(7-13)27(2)24(33)35-20/h3-8,19,29H,9-11H2,1-2H3,(H,25,26)(H,31,32). The highest BCUT2D eigenvalue weighted by atomic mass is 16.5. The number of benzene rings is 2. The number of cyclic esters (lactones) is 1. The molecule has 0 bridgehead atoms. The van der Waals surface area contributed by atoms with Gasteiger partial charge in [-0.05, 0) is 42.3 Å². The van der Waals surface area contributed by atoms with Crippen molar-refractivity contribution in [3.8, 4) is 11.3 Å². The lowest BCUT2D eigenvalue weighted by molar-refractivity contribution is 0.0534. The molecule has 11 nitrogen and oxygen atoms in total. The van der Waals surface area contributed by atoms with Gasteiger partial charge < -0.3 is 24.3 Å². The number of carbonyl (C=O) groups excluding carboxylic acids is 1. The summed E-state index contributed by atoms with van der Waals surface area (Å²) in [4.78, 5) is 36.7. The number of rotatable bonds is 6. The van der Waals surface area contributed by atoms with Gasteiger partial charge in [-0.3, -0.25) is 9.67 Å². The minimum Gasteiger partial charge on any atom is -0.465 e. The Kier molecular flexibility index (Phi) is 5.40. The van der Waals surface area contributed by atoms with Gasteiger partial charge in [-0.15, -0.1) is 0 Å². The average molecular weight is 478 g/mol. The summed E-state index contributed by atoms with van der Waals surface area (Å²) in [6.07, 6.45) is -0.791. The van der Waals surface area contributed by atoms with E-state index in [-0.39, 0.29) is 19.7 Å². The number of hydrogen-bond donors (Lipinski definition) is 3. The molecular formula is C24H22N4O7. The van der Waals surface area contributed by atoms with Crippen molar-refractivity contribution in [1.82, 2.24) is 19.7 Å². The second kappa shape index (κ2) is 8.44. The number of aromatic amines is 1. The molecule has 1 atom stereocenters. The van der Waals surface area contributed by atoms with E-state index in [0.717, 1.165) is 4.90 Å². The molecule has 2 aromatic heterocycles. The van der Waals surface area contributed by atoms with E-state index in [9.17, 15) is 24.6 Å². The largest absolute Gasteiger partial charge is 0.465 e. The van der Waals surface area contributed by atoms with Crippen LogP contribution in [0, 0.1) is 6.92 Å². The third kappa shape index (κ3) is 3.85. The van der Waals surface area contributed by atoms with Gasteiger partial charge in [0.2, 0.25) is 0 Å². The SMILES string of the molecule is Cc1c(C(O)CN(Cc2cn[nH]c2-c2ccc3oc(=O)n(C)c3c2)C(=O)O)ccc2c1COC2=O. The van der Waals surface area contributed by atoms with E-state index in [1.807, 2.05) is 0 Å². The molecular weight excluding hydrogens is 456 g/mol. The first-order valence-corrected chi connectivity index (χ1v) is 10.8. The molecule has 0 aliphatic carbocycles. The molecule has 11 heteroatoms. The van der Waals surface area contributed by atoms with Crippen LogP contribution in [0.2, 0.25) is 0 Å². The van der Waals surface area contributed by atoms with Gasteiger partial charge >= 0.3 is 17.8 Å². The lowest BCUT2D eigenvalue weighted by Crippen LogP contribution is -2.33. The van der Waals surface area contributed by atoms with Crippen LogP contribution >= 0.6 is 0 Å². The molecule has 0 spiro atoms. The number of carboxylic acid groups (broad SMARTS) is 1. The van der Waals surface area contributed by atoms with Gasteiger partial charge in [-0.2, -0.15) is 5.10 Å². The Morgan fingerprint density at radius 3 is 2.86 bits per heavy atom. The Morgan fingerprint density at radius 2 is 2.09 bits per heavy atom. The minimum atomic E-state index is -1.21. The Labute approximate surface area is 198 Å². The summed E-state index contributed by atoms with van der Waals surface area (Å²) in [5.41, 5.74) is 5.32. The lowest BCUT2D eigenvalue weighted by Gasteiger charge is -2.24. The number of esters is 1. The summed E-state index contributed by atoms with van der Waals surface area (Å²) in [7, 11) is 1.60. The third-order valence-electron chi connectivity index (χ3n) is 6.39. The molecule has 35 heavy (non-hydrogen) atoms. The molecule has 180 valence electrons. The fourth-order valence-corrected chi connectivity index (χ4v) is 4.41. The number of oxazole rings is 1. The van der Waals surface area contributed by atoms with Crippen molar-refractivity contribution in [3.63, 3.8) is 0 Å². The van der Waals surface area contributed by atoms with E-state index in [1.54, 1.807) is 44.3 Å². The molecule has 3 heterocycles. The van der Waals surface area contributed by atoms with Gasteiger partial charge in [-0.25, -0.2) is 14.4 Å². The van der Waals surface area contributed by atoms with E-state index in [4.69, 9.17) is 9.15 Å². The zero-order chi connectivity index (χ0) is 24.9. The molecule has 5 rings (SSSR count). The topological polar surface area (TPSA) is 151 Å². The summed E-state index contributed by atoms with van der Waals surface area (Å²) in [6.45, 7) is 1.68. The highest BCUT2D eigenvalue weighted by Crippen LogP contribution is 2.30. The number of hydrogen-bond acceptors (Lipinski definition) is 7. The Balaban J connectivity index is 1.40. The van der Waals surface area contributed by atoms with E-state index in [2.05, 4.69) is 10.2 Å². The number of aliphatic hydroxyl groups is 1. The van der Waals surface area contributed by atoms with Crippen LogP contribution in [0.5, 0.6) is 0 Å². The Morgan fingerprint density at radius 1 is 1.29 bits per heavy atom. The van der Waals surface area contributed by atoms with Crippen LogP contribution in [0.3, 0.4) is 0 Å². The van der Waals surface area contributed by atoms with Gasteiger partial charge in [0.15, 0.2) is 5.58 Å². The fraction of sp³-hybridized carbons (Fsp3) is 0.250. The van der Waals surface area contributed by atoms with Crippen LogP contribution < -0.4 is 5.76 Å². The number of ether oxygens (including phenoxy) is 1. The second-order valence-corrected chi connectivity index (χ2v) is 8.44. The highest BCUT2D eigenvalue weighted by molar-refractivity contribution is 5.94. The fourth-order valence-electron chi connectivity index (χ4n) is 4.41. The number of fused-ring (bicyclic) bond motifs is 2. The first kappa shape index (κ1) is 22.4. The number of carbonyl (C=O) groups is 2. The predicted molar refractivity (Wildman–Crippen MR) is 123 cm³/mol. The summed E-state index contributed by atoms with van der Waals surface area (Å²) in [6, 6.07) is 8.39. The molecule has 2 aromatic carbocycles. The summed E-state index contributed by atoms with van der Waals surface area (Å²) in [5, 5.41) is 27.7. The predicted octanol–water partition coefficient (Wildman–Crippen LogP) is 2.71. The Hall–Kier alpha value is -4.38. The molecule has 3 N–H and O–H groups in total. The molecule has 1 aliphatic heterocycles. The van der Waals surface area contributed by atoms with Gasteiger partial charge in [0.05, 0.1) is 42.2 Å². The number of nitrogens with one attached hydrogen (secondary N) is 1. The summed E-state index contributed by atoms with van der Waals surface area (Å²) >= 11 is 0. The molecule has 0 saturated heterocycles. The molecule has 0 saturated carbocycles. The quantitative estimate of drug-likeness (QED) is 0.358. The lowest BCUT2D eigenvalue weighted by atomic mass is 9.95. The van der Waals surface area contributed by atoms with Crippen LogP contribution in [0.25, 0.3) is 22.4 Å². The monoisotopic (exact) mass is 478 g/mol.